The number of benzene rings is 1. The van der Waals surface area contributed by atoms with Crippen molar-refractivity contribution in [3.63, 3.8) is 0 Å². The minimum atomic E-state index is -0.0368. The van der Waals surface area contributed by atoms with Crippen LogP contribution in [0.5, 0.6) is 5.75 Å². The first-order valence-electron chi connectivity index (χ1n) is 13.1. The lowest BCUT2D eigenvalue weighted by molar-refractivity contribution is -0.149. The minimum Gasteiger partial charge on any atom is -0.490 e. The van der Waals surface area contributed by atoms with Gasteiger partial charge in [-0.15, -0.1) is 0 Å². The van der Waals surface area contributed by atoms with E-state index in [1.54, 1.807) is 0 Å². The number of carbonyl (C=O) groups excluding carboxylic acids is 1. The van der Waals surface area contributed by atoms with Crippen molar-refractivity contribution in [3.8, 4) is 5.75 Å². The van der Waals surface area contributed by atoms with Crippen molar-refractivity contribution < 1.29 is 14.3 Å². The summed E-state index contributed by atoms with van der Waals surface area (Å²) in [6.07, 6.45) is 12.9. The van der Waals surface area contributed by atoms with Crippen LogP contribution in [0.4, 0.5) is 0 Å². The molecular weight excluding hydrogens is 412 g/mol. The highest BCUT2D eigenvalue weighted by atomic mass is 16.5. The van der Waals surface area contributed by atoms with Gasteiger partial charge in [-0.05, 0) is 101 Å². The minimum absolute atomic E-state index is 0.0368. The van der Waals surface area contributed by atoms with Gasteiger partial charge in [0.25, 0.3) is 0 Å². The van der Waals surface area contributed by atoms with Gasteiger partial charge in [-0.2, -0.15) is 0 Å². The maximum absolute atomic E-state index is 12.0. The van der Waals surface area contributed by atoms with Gasteiger partial charge in [0.15, 0.2) is 0 Å². The Morgan fingerprint density at radius 2 is 1.79 bits per heavy atom. The molecule has 33 heavy (non-hydrogen) atoms. The van der Waals surface area contributed by atoms with Crippen LogP contribution < -0.4 is 4.74 Å². The SMILES string of the molecule is CCOC(=O)C1CCN(Cc2ccc3cc(OC4CCC5(CCCC5)CC4)ccc3n2)CC1. The van der Waals surface area contributed by atoms with Crippen LogP contribution in [-0.4, -0.2) is 41.7 Å². The smallest absolute Gasteiger partial charge is 0.309 e. The van der Waals surface area contributed by atoms with Crippen LogP contribution in [0, 0.1) is 11.3 Å². The van der Waals surface area contributed by atoms with Crippen molar-refractivity contribution in [1.29, 1.82) is 0 Å². The molecule has 0 bridgehead atoms. The highest BCUT2D eigenvalue weighted by Crippen LogP contribution is 2.49. The van der Waals surface area contributed by atoms with Crippen molar-refractivity contribution in [3.05, 3.63) is 36.0 Å². The number of hydrogen-bond acceptors (Lipinski definition) is 5. The third-order valence-electron chi connectivity index (χ3n) is 8.27. The quantitative estimate of drug-likeness (QED) is 0.514. The maximum Gasteiger partial charge on any atom is 0.309 e. The molecule has 3 fully saturated rings. The summed E-state index contributed by atoms with van der Waals surface area (Å²) in [5.41, 5.74) is 2.76. The van der Waals surface area contributed by atoms with Crippen molar-refractivity contribution >= 4 is 16.9 Å². The number of carbonyl (C=O) groups is 1. The van der Waals surface area contributed by atoms with Crippen LogP contribution in [-0.2, 0) is 16.1 Å². The molecule has 1 aromatic carbocycles. The van der Waals surface area contributed by atoms with E-state index in [-0.39, 0.29) is 11.9 Å². The van der Waals surface area contributed by atoms with E-state index in [1.165, 1.54) is 51.4 Å². The summed E-state index contributed by atoms with van der Waals surface area (Å²) in [4.78, 5) is 19.2. The molecule has 1 spiro atoms. The van der Waals surface area contributed by atoms with Crippen LogP contribution in [0.1, 0.15) is 76.8 Å². The van der Waals surface area contributed by atoms with E-state index < -0.39 is 0 Å². The van der Waals surface area contributed by atoms with Gasteiger partial charge in [0.05, 0.1) is 29.8 Å². The van der Waals surface area contributed by atoms with Gasteiger partial charge in [-0.3, -0.25) is 14.7 Å². The van der Waals surface area contributed by atoms with Gasteiger partial charge in [-0.1, -0.05) is 18.9 Å². The van der Waals surface area contributed by atoms with E-state index in [4.69, 9.17) is 14.5 Å². The number of ether oxygens (including phenoxy) is 2. The standard InChI is InChI=1S/C28H38N2O3/c1-2-32-27(31)21-11-17-30(18-12-21)20-23-6-5-22-19-25(7-8-26(22)29-23)33-24-9-15-28(16-10-24)13-3-4-14-28/h5-8,19,21,24H,2-4,9-18,20H2,1H3. The van der Waals surface area contributed by atoms with Crippen LogP contribution in [0.25, 0.3) is 10.9 Å². The topological polar surface area (TPSA) is 51.7 Å². The van der Waals surface area contributed by atoms with Crippen LogP contribution >= 0.6 is 0 Å². The van der Waals surface area contributed by atoms with E-state index in [0.717, 1.165) is 54.8 Å². The van der Waals surface area contributed by atoms with Crippen molar-refractivity contribution in [2.24, 2.45) is 11.3 Å². The van der Waals surface area contributed by atoms with Gasteiger partial charge in [-0.25, -0.2) is 0 Å². The fourth-order valence-electron chi connectivity index (χ4n) is 6.26. The number of hydrogen-bond donors (Lipinski definition) is 0. The number of nitrogens with zero attached hydrogens (tertiary/aromatic N) is 2. The summed E-state index contributed by atoms with van der Waals surface area (Å²) in [6.45, 7) is 4.99. The summed E-state index contributed by atoms with van der Waals surface area (Å²) in [6, 6.07) is 10.6. The van der Waals surface area contributed by atoms with Crippen molar-refractivity contribution in [1.82, 2.24) is 9.88 Å². The molecular formula is C28H38N2O3. The number of esters is 1. The van der Waals surface area contributed by atoms with E-state index >= 15 is 0 Å². The first kappa shape index (κ1) is 22.6. The van der Waals surface area contributed by atoms with Crippen molar-refractivity contribution in [2.75, 3.05) is 19.7 Å². The molecule has 3 aliphatic rings. The van der Waals surface area contributed by atoms with Gasteiger partial charge < -0.3 is 9.47 Å². The molecule has 1 saturated heterocycles. The largest absolute Gasteiger partial charge is 0.490 e. The Morgan fingerprint density at radius 3 is 2.52 bits per heavy atom. The normalized spacial score (nSPS) is 22.1. The molecule has 1 aromatic heterocycles. The molecule has 2 heterocycles. The Balaban J connectivity index is 1.15. The Bertz CT molecular complexity index is 951. The Labute approximate surface area is 197 Å². The molecule has 2 saturated carbocycles. The molecule has 178 valence electrons. The first-order chi connectivity index (χ1) is 16.1. The Kier molecular flexibility index (Phi) is 6.86. The van der Waals surface area contributed by atoms with Crippen LogP contribution in [0.3, 0.4) is 0 Å². The predicted octanol–water partition coefficient (Wildman–Crippen LogP) is 5.89. The second-order valence-electron chi connectivity index (χ2n) is 10.5. The number of fused-ring (bicyclic) bond motifs is 1. The summed E-state index contributed by atoms with van der Waals surface area (Å²) in [5, 5.41) is 1.14. The molecule has 0 N–H and O–H groups in total. The van der Waals surface area contributed by atoms with Gasteiger partial charge in [0.1, 0.15) is 5.75 Å². The summed E-state index contributed by atoms with van der Waals surface area (Å²) in [7, 11) is 0. The van der Waals surface area contributed by atoms with Crippen molar-refractivity contribution in [2.45, 2.75) is 83.8 Å². The monoisotopic (exact) mass is 450 g/mol. The second-order valence-corrected chi connectivity index (χ2v) is 10.5. The van der Waals surface area contributed by atoms with Gasteiger partial charge in [0.2, 0.25) is 0 Å². The van der Waals surface area contributed by atoms with E-state index in [0.29, 0.717) is 18.1 Å². The molecule has 0 unspecified atom stereocenters. The number of pyridine rings is 1. The number of piperidine rings is 1. The van der Waals surface area contributed by atoms with E-state index in [1.807, 2.05) is 6.92 Å². The molecule has 0 amide bonds. The number of likely N-dealkylation sites (tertiary alicyclic amines) is 1. The molecule has 1 aliphatic heterocycles. The lowest BCUT2D eigenvalue weighted by atomic mass is 9.72. The zero-order valence-electron chi connectivity index (χ0n) is 20.1. The molecule has 5 heteroatoms. The lowest BCUT2D eigenvalue weighted by Crippen LogP contribution is -2.36. The molecule has 5 nitrogen and oxygen atoms in total. The van der Waals surface area contributed by atoms with Crippen LogP contribution in [0.15, 0.2) is 30.3 Å². The average molecular weight is 451 g/mol. The third-order valence-corrected chi connectivity index (χ3v) is 8.27. The summed E-state index contributed by atoms with van der Waals surface area (Å²) in [5.74, 6) is 0.993. The molecule has 2 aromatic rings. The summed E-state index contributed by atoms with van der Waals surface area (Å²) >= 11 is 0. The molecule has 0 radical (unpaired) electrons. The molecule has 0 atom stereocenters. The Hall–Kier alpha value is -2.14. The van der Waals surface area contributed by atoms with Gasteiger partial charge >= 0.3 is 5.97 Å². The maximum atomic E-state index is 12.0. The second kappa shape index (κ2) is 10.0. The average Bonchev–Trinajstić information content (AvgIpc) is 3.29. The lowest BCUT2D eigenvalue weighted by Gasteiger charge is -2.37. The number of rotatable bonds is 6. The zero-order valence-corrected chi connectivity index (χ0v) is 20.1. The van der Waals surface area contributed by atoms with Gasteiger partial charge in [0, 0.05) is 11.9 Å². The Morgan fingerprint density at radius 1 is 1.03 bits per heavy atom. The van der Waals surface area contributed by atoms with Crippen LogP contribution in [0.2, 0.25) is 0 Å². The van der Waals surface area contributed by atoms with E-state index in [2.05, 4.69) is 35.2 Å². The zero-order chi connectivity index (χ0) is 22.7. The summed E-state index contributed by atoms with van der Waals surface area (Å²) < 4.78 is 11.6. The van der Waals surface area contributed by atoms with E-state index in [9.17, 15) is 4.79 Å². The fourth-order valence-corrected chi connectivity index (χ4v) is 6.26. The molecule has 5 rings (SSSR count). The predicted molar refractivity (Wildman–Crippen MR) is 130 cm³/mol. The first-order valence-corrected chi connectivity index (χ1v) is 13.1. The highest BCUT2D eigenvalue weighted by Gasteiger charge is 2.38. The third kappa shape index (κ3) is 5.34. The molecule has 2 aliphatic carbocycles. The highest BCUT2D eigenvalue weighted by molar-refractivity contribution is 5.80. The number of aromatic nitrogens is 1. The fraction of sp³-hybridized carbons (Fsp3) is 0.643.